The van der Waals surface area contributed by atoms with Crippen molar-refractivity contribution in [1.29, 1.82) is 0 Å². The van der Waals surface area contributed by atoms with Gasteiger partial charge in [-0.25, -0.2) is 0 Å². The molecule has 0 aliphatic heterocycles. The molecular formula is C32H36Cl2N2O3. The van der Waals surface area contributed by atoms with E-state index >= 15 is 0 Å². The number of benzene rings is 3. The molecule has 5 nitrogen and oxygen atoms in total. The van der Waals surface area contributed by atoms with Crippen molar-refractivity contribution in [2.45, 2.75) is 70.5 Å². The van der Waals surface area contributed by atoms with Gasteiger partial charge in [0.2, 0.25) is 5.91 Å². The first-order valence-electron chi connectivity index (χ1n) is 13.6. The van der Waals surface area contributed by atoms with Gasteiger partial charge in [-0.1, -0.05) is 104 Å². The molecular weight excluding hydrogens is 531 g/mol. The molecule has 3 aromatic rings. The maximum Gasteiger partial charge on any atom is 0.261 e. The maximum absolute atomic E-state index is 13.9. The topological polar surface area (TPSA) is 58.6 Å². The van der Waals surface area contributed by atoms with E-state index in [9.17, 15) is 9.59 Å². The average molecular weight is 568 g/mol. The van der Waals surface area contributed by atoms with E-state index in [1.807, 2.05) is 60.7 Å². The number of rotatable bonds is 11. The molecule has 0 saturated heterocycles. The molecule has 1 N–H and O–H groups in total. The van der Waals surface area contributed by atoms with Gasteiger partial charge in [0, 0.05) is 19.0 Å². The monoisotopic (exact) mass is 566 g/mol. The first kappa shape index (κ1) is 29.0. The second-order valence-electron chi connectivity index (χ2n) is 10.4. The van der Waals surface area contributed by atoms with Crippen LogP contribution in [0.25, 0.3) is 0 Å². The van der Waals surface area contributed by atoms with Crippen LogP contribution in [0.15, 0.2) is 72.8 Å². The molecule has 1 saturated carbocycles. The zero-order valence-corrected chi connectivity index (χ0v) is 24.0. The highest BCUT2D eigenvalue weighted by atomic mass is 35.5. The van der Waals surface area contributed by atoms with Crippen molar-refractivity contribution in [3.05, 3.63) is 99.5 Å². The number of amides is 2. The molecule has 4 rings (SSSR count). The maximum atomic E-state index is 13.9. The van der Waals surface area contributed by atoms with E-state index in [0.717, 1.165) is 42.4 Å². The molecule has 0 radical (unpaired) electrons. The smallest absolute Gasteiger partial charge is 0.261 e. The highest BCUT2D eigenvalue weighted by molar-refractivity contribution is 6.42. The lowest BCUT2D eigenvalue weighted by Gasteiger charge is -2.32. The van der Waals surface area contributed by atoms with Gasteiger partial charge in [-0.15, -0.1) is 0 Å². The molecule has 2 amide bonds. The summed E-state index contributed by atoms with van der Waals surface area (Å²) in [6.45, 7) is 4.18. The fraction of sp³-hybridized carbons (Fsp3) is 0.375. The van der Waals surface area contributed by atoms with E-state index < -0.39 is 6.04 Å². The summed E-state index contributed by atoms with van der Waals surface area (Å²) in [6.07, 6.45) is 4.50. The molecule has 1 fully saturated rings. The van der Waals surface area contributed by atoms with Crippen molar-refractivity contribution in [1.82, 2.24) is 10.2 Å². The first-order valence-corrected chi connectivity index (χ1v) is 14.4. The zero-order chi connectivity index (χ0) is 27.8. The molecule has 1 aliphatic rings. The third-order valence-electron chi connectivity index (χ3n) is 7.20. The van der Waals surface area contributed by atoms with Gasteiger partial charge in [0.25, 0.3) is 5.91 Å². The minimum Gasteiger partial charge on any atom is -0.483 e. The Morgan fingerprint density at radius 3 is 2.31 bits per heavy atom. The number of hydrogen-bond acceptors (Lipinski definition) is 3. The molecule has 0 aromatic heterocycles. The Hall–Kier alpha value is -3.02. The van der Waals surface area contributed by atoms with Crippen LogP contribution in [0.3, 0.4) is 0 Å². The van der Waals surface area contributed by atoms with E-state index in [4.69, 9.17) is 27.9 Å². The summed E-state index contributed by atoms with van der Waals surface area (Å²) in [5.74, 6) is 0.487. The largest absolute Gasteiger partial charge is 0.483 e. The van der Waals surface area contributed by atoms with E-state index in [-0.39, 0.29) is 36.9 Å². The second-order valence-corrected chi connectivity index (χ2v) is 11.3. The lowest BCUT2D eigenvalue weighted by atomic mass is 10.0. The Kier molecular flexibility index (Phi) is 10.3. The Morgan fingerprint density at radius 1 is 0.923 bits per heavy atom. The number of carbonyl (C=O) groups excluding carboxylic acids is 2. The summed E-state index contributed by atoms with van der Waals surface area (Å²) in [5.41, 5.74) is 2.79. The SMILES string of the molecule is CC(C)c1ccccc1OCC(=O)N(Cc1ccc(Cl)c(Cl)c1)[C@H](Cc1ccccc1)C(=O)NC1CCCC1. The molecule has 0 unspecified atom stereocenters. The third kappa shape index (κ3) is 8.00. The summed E-state index contributed by atoms with van der Waals surface area (Å²) in [6, 6.07) is 22.2. The predicted molar refractivity (Wildman–Crippen MR) is 157 cm³/mol. The van der Waals surface area contributed by atoms with Crippen LogP contribution in [0.1, 0.15) is 62.1 Å². The lowest BCUT2D eigenvalue weighted by molar-refractivity contribution is -0.143. The molecule has 0 bridgehead atoms. The molecule has 206 valence electrons. The van der Waals surface area contributed by atoms with Gasteiger partial charge in [0.05, 0.1) is 10.0 Å². The highest BCUT2D eigenvalue weighted by Gasteiger charge is 2.32. The van der Waals surface area contributed by atoms with Crippen molar-refractivity contribution in [3.63, 3.8) is 0 Å². The van der Waals surface area contributed by atoms with E-state index in [1.165, 1.54) is 0 Å². The van der Waals surface area contributed by atoms with Crippen molar-refractivity contribution in [3.8, 4) is 5.75 Å². The zero-order valence-electron chi connectivity index (χ0n) is 22.5. The standard InChI is InChI=1S/C32H36Cl2N2O3/c1-22(2)26-14-8-9-15-30(26)39-21-31(37)36(20-24-16-17-27(33)28(34)18-24)29(19-23-10-4-3-5-11-23)32(38)35-25-12-6-7-13-25/h3-5,8-11,14-18,22,25,29H,6-7,12-13,19-21H2,1-2H3,(H,35,38)/t29-/m1/s1. The van der Waals surface area contributed by atoms with Crippen molar-refractivity contribution < 1.29 is 14.3 Å². The lowest BCUT2D eigenvalue weighted by Crippen LogP contribution is -2.53. The van der Waals surface area contributed by atoms with Crippen LogP contribution in [0, 0.1) is 0 Å². The van der Waals surface area contributed by atoms with Crippen LogP contribution >= 0.6 is 23.2 Å². The Balaban J connectivity index is 1.64. The molecule has 0 heterocycles. The van der Waals surface area contributed by atoms with Gasteiger partial charge >= 0.3 is 0 Å². The predicted octanol–water partition coefficient (Wildman–Crippen LogP) is 7.19. The van der Waals surface area contributed by atoms with Gasteiger partial charge in [0.15, 0.2) is 6.61 Å². The normalized spacial score (nSPS) is 14.3. The fourth-order valence-corrected chi connectivity index (χ4v) is 5.39. The van der Waals surface area contributed by atoms with Crippen LogP contribution in [-0.4, -0.2) is 35.4 Å². The molecule has 3 aromatic carbocycles. The van der Waals surface area contributed by atoms with E-state index in [2.05, 4.69) is 19.2 Å². The molecule has 0 spiro atoms. The third-order valence-corrected chi connectivity index (χ3v) is 7.94. The minimum absolute atomic E-state index is 0.131. The minimum atomic E-state index is -0.723. The first-order chi connectivity index (χ1) is 18.8. The van der Waals surface area contributed by atoms with Crippen molar-refractivity contribution in [2.75, 3.05) is 6.61 Å². The summed E-state index contributed by atoms with van der Waals surface area (Å²) in [4.78, 5) is 29.3. The van der Waals surface area contributed by atoms with Crippen molar-refractivity contribution >= 4 is 35.0 Å². The van der Waals surface area contributed by atoms with Crippen LogP contribution in [0.4, 0.5) is 0 Å². The van der Waals surface area contributed by atoms with Crippen molar-refractivity contribution in [2.24, 2.45) is 0 Å². The molecule has 1 aliphatic carbocycles. The van der Waals surface area contributed by atoms with Crippen LogP contribution in [0.2, 0.25) is 10.0 Å². The van der Waals surface area contributed by atoms with Gasteiger partial charge in [-0.3, -0.25) is 9.59 Å². The Bertz CT molecular complexity index is 1260. The highest BCUT2D eigenvalue weighted by Crippen LogP contribution is 2.27. The van der Waals surface area contributed by atoms with Crippen LogP contribution in [-0.2, 0) is 22.6 Å². The number of halogens is 2. The summed E-state index contributed by atoms with van der Waals surface area (Å²) in [7, 11) is 0. The average Bonchev–Trinajstić information content (AvgIpc) is 3.45. The Morgan fingerprint density at radius 2 is 1.62 bits per heavy atom. The second kappa shape index (κ2) is 13.9. The number of nitrogens with one attached hydrogen (secondary N) is 1. The molecule has 7 heteroatoms. The quantitative estimate of drug-likeness (QED) is 0.267. The van der Waals surface area contributed by atoms with Gasteiger partial charge in [0.1, 0.15) is 11.8 Å². The van der Waals surface area contributed by atoms with Crippen LogP contribution < -0.4 is 10.1 Å². The Labute approximate surface area is 241 Å². The van der Waals surface area contributed by atoms with Crippen LogP contribution in [0.5, 0.6) is 5.75 Å². The van der Waals surface area contributed by atoms with E-state index in [0.29, 0.717) is 22.2 Å². The summed E-state index contributed by atoms with van der Waals surface area (Å²) in [5, 5.41) is 4.06. The van der Waals surface area contributed by atoms with E-state index in [1.54, 1.807) is 17.0 Å². The summed E-state index contributed by atoms with van der Waals surface area (Å²) < 4.78 is 6.07. The summed E-state index contributed by atoms with van der Waals surface area (Å²) >= 11 is 12.5. The molecule has 1 atom stereocenters. The van der Waals surface area contributed by atoms with Gasteiger partial charge < -0.3 is 15.0 Å². The molecule has 39 heavy (non-hydrogen) atoms. The fourth-order valence-electron chi connectivity index (χ4n) is 5.07. The van der Waals surface area contributed by atoms with Gasteiger partial charge in [-0.2, -0.15) is 0 Å². The number of ether oxygens (including phenoxy) is 1. The number of para-hydroxylation sites is 1. The number of carbonyl (C=O) groups is 2. The number of nitrogens with zero attached hydrogens (tertiary/aromatic N) is 1. The number of hydrogen-bond donors (Lipinski definition) is 1. The van der Waals surface area contributed by atoms with Gasteiger partial charge in [-0.05, 0) is 53.6 Å².